The van der Waals surface area contributed by atoms with Crippen LogP contribution in [-0.2, 0) is 6.42 Å². The van der Waals surface area contributed by atoms with Gasteiger partial charge < -0.3 is 20.1 Å². The van der Waals surface area contributed by atoms with Gasteiger partial charge in [0.05, 0.1) is 14.2 Å². The third-order valence-electron chi connectivity index (χ3n) is 3.61. The van der Waals surface area contributed by atoms with Crippen molar-refractivity contribution in [3.05, 3.63) is 23.8 Å². The molecule has 0 radical (unpaired) electrons. The first kappa shape index (κ1) is 13.2. The molecule has 2 N–H and O–H groups in total. The molecule has 1 heterocycles. The lowest BCUT2D eigenvalue weighted by Gasteiger charge is -2.25. The van der Waals surface area contributed by atoms with Gasteiger partial charge in [-0.05, 0) is 50.2 Å². The number of rotatable bonds is 4. The number of ether oxygens (including phenoxy) is 2. The molecule has 1 aliphatic rings. The van der Waals surface area contributed by atoms with E-state index in [-0.39, 0.29) is 5.54 Å². The van der Waals surface area contributed by atoms with Crippen molar-refractivity contribution in [1.29, 1.82) is 0 Å². The van der Waals surface area contributed by atoms with Gasteiger partial charge in [-0.15, -0.1) is 0 Å². The Labute approximate surface area is 109 Å². The SMILES string of the molecule is COc1ccc(OC)c(CC2(N)CCN(C)C2)c1. The standard InChI is InChI=1S/C14H22N2O2/c1-16-7-6-14(15,10-16)9-11-8-12(17-2)4-5-13(11)18-3/h4-5,8H,6-7,9-10,15H2,1-3H3. The Morgan fingerprint density at radius 3 is 2.67 bits per heavy atom. The van der Waals surface area contributed by atoms with E-state index in [9.17, 15) is 0 Å². The summed E-state index contributed by atoms with van der Waals surface area (Å²) < 4.78 is 10.7. The van der Waals surface area contributed by atoms with E-state index in [0.717, 1.165) is 43.0 Å². The molecule has 1 unspecified atom stereocenters. The molecule has 18 heavy (non-hydrogen) atoms. The van der Waals surface area contributed by atoms with Gasteiger partial charge in [0.1, 0.15) is 11.5 Å². The van der Waals surface area contributed by atoms with Crippen LogP contribution in [0.1, 0.15) is 12.0 Å². The van der Waals surface area contributed by atoms with Gasteiger partial charge >= 0.3 is 0 Å². The topological polar surface area (TPSA) is 47.7 Å². The van der Waals surface area contributed by atoms with E-state index in [0.29, 0.717) is 0 Å². The summed E-state index contributed by atoms with van der Waals surface area (Å²) in [5.74, 6) is 1.73. The molecule has 100 valence electrons. The zero-order valence-corrected chi connectivity index (χ0v) is 11.4. The van der Waals surface area contributed by atoms with E-state index >= 15 is 0 Å². The minimum Gasteiger partial charge on any atom is -0.497 e. The fourth-order valence-corrected chi connectivity index (χ4v) is 2.65. The molecule has 1 aliphatic heterocycles. The minimum absolute atomic E-state index is 0.158. The molecule has 0 aliphatic carbocycles. The molecule has 1 aromatic rings. The smallest absolute Gasteiger partial charge is 0.122 e. The monoisotopic (exact) mass is 250 g/mol. The summed E-state index contributed by atoms with van der Waals surface area (Å²) in [6.45, 7) is 1.98. The van der Waals surface area contributed by atoms with Gasteiger partial charge in [-0.3, -0.25) is 0 Å². The first-order valence-electron chi connectivity index (χ1n) is 6.25. The van der Waals surface area contributed by atoms with Crippen LogP contribution in [0.5, 0.6) is 11.5 Å². The molecular weight excluding hydrogens is 228 g/mol. The van der Waals surface area contributed by atoms with Crippen molar-refractivity contribution in [3.63, 3.8) is 0 Å². The second kappa shape index (κ2) is 5.16. The Kier molecular flexibility index (Phi) is 3.78. The highest BCUT2D eigenvalue weighted by Gasteiger charge is 2.33. The van der Waals surface area contributed by atoms with Gasteiger partial charge in [-0.1, -0.05) is 0 Å². The average molecular weight is 250 g/mol. The summed E-state index contributed by atoms with van der Waals surface area (Å²) in [7, 11) is 5.47. The van der Waals surface area contributed by atoms with Crippen molar-refractivity contribution in [3.8, 4) is 11.5 Å². The predicted octanol–water partition coefficient (Wildman–Crippen LogP) is 1.28. The Balaban J connectivity index is 2.21. The number of benzene rings is 1. The molecule has 0 spiro atoms. The number of likely N-dealkylation sites (N-methyl/N-ethyl adjacent to an activating group) is 1. The average Bonchev–Trinajstić information content (AvgIpc) is 2.68. The lowest BCUT2D eigenvalue weighted by atomic mass is 9.90. The van der Waals surface area contributed by atoms with Crippen LogP contribution in [0.4, 0.5) is 0 Å². The van der Waals surface area contributed by atoms with Crippen LogP contribution >= 0.6 is 0 Å². The molecule has 1 aromatic carbocycles. The summed E-state index contributed by atoms with van der Waals surface area (Å²) in [4.78, 5) is 2.27. The van der Waals surface area contributed by atoms with Crippen LogP contribution in [0.15, 0.2) is 18.2 Å². The van der Waals surface area contributed by atoms with Gasteiger partial charge in [0.15, 0.2) is 0 Å². The largest absolute Gasteiger partial charge is 0.497 e. The second-order valence-electron chi connectivity index (χ2n) is 5.20. The summed E-state index contributed by atoms with van der Waals surface area (Å²) in [6.07, 6.45) is 1.83. The van der Waals surface area contributed by atoms with E-state index in [1.807, 2.05) is 18.2 Å². The molecule has 0 saturated carbocycles. The van der Waals surface area contributed by atoms with Crippen LogP contribution in [0.25, 0.3) is 0 Å². The number of nitrogens with two attached hydrogens (primary N) is 1. The van der Waals surface area contributed by atoms with Crippen LogP contribution in [0, 0.1) is 0 Å². The number of hydrogen-bond acceptors (Lipinski definition) is 4. The van der Waals surface area contributed by atoms with Gasteiger partial charge in [-0.2, -0.15) is 0 Å². The maximum absolute atomic E-state index is 6.46. The van der Waals surface area contributed by atoms with Crippen molar-refractivity contribution >= 4 is 0 Å². The molecular formula is C14H22N2O2. The molecule has 1 fully saturated rings. The molecule has 2 rings (SSSR count). The van der Waals surface area contributed by atoms with E-state index in [1.165, 1.54) is 0 Å². The van der Waals surface area contributed by atoms with Crippen LogP contribution in [0.3, 0.4) is 0 Å². The van der Waals surface area contributed by atoms with E-state index in [1.54, 1.807) is 14.2 Å². The fraction of sp³-hybridized carbons (Fsp3) is 0.571. The van der Waals surface area contributed by atoms with Crippen LogP contribution < -0.4 is 15.2 Å². The highest BCUT2D eigenvalue weighted by atomic mass is 16.5. The summed E-state index contributed by atoms with van der Waals surface area (Å²) >= 11 is 0. The molecule has 1 atom stereocenters. The van der Waals surface area contributed by atoms with E-state index in [4.69, 9.17) is 15.2 Å². The lowest BCUT2D eigenvalue weighted by molar-refractivity contribution is 0.357. The first-order valence-corrected chi connectivity index (χ1v) is 6.25. The summed E-state index contributed by atoms with van der Waals surface area (Å²) in [6, 6.07) is 5.87. The van der Waals surface area contributed by atoms with Crippen molar-refractivity contribution < 1.29 is 9.47 Å². The number of methoxy groups -OCH3 is 2. The third-order valence-corrected chi connectivity index (χ3v) is 3.61. The Bertz CT molecular complexity index is 422. The molecule has 0 amide bonds. The lowest BCUT2D eigenvalue weighted by Crippen LogP contribution is -2.44. The maximum atomic E-state index is 6.46. The zero-order chi connectivity index (χ0) is 13.2. The Morgan fingerprint density at radius 2 is 2.11 bits per heavy atom. The van der Waals surface area contributed by atoms with Crippen molar-refractivity contribution in [1.82, 2.24) is 4.90 Å². The molecule has 0 aromatic heterocycles. The Morgan fingerprint density at radius 1 is 1.33 bits per heavy atom. The van der Waals surface area contributed by atoms with Crippen LogP contribution in [-0.4, -0.2) is 44.8 Å². The molecule has 0 bridgehead atoms. The molecule has 1 saturated heterocycles. The normalized spacial score (nSPS) is 24.2. The summed E-state index contributed by atoms with van der Waals surface area (Å²) in [5, 5.41) is 0. The molecule has 4 heteroatoms. The predicted molar refractivity (Wildman–Crippen MR) is 72.3 cm³/mol. The number of likely N-dealkylation sites (tertiary alicyclic amines) is 1. The van der Waals surface area contributed by atoms with Gasteiger partial charge in [0.2, 0.25) is 0 Å². The Hall–Kier alpha value is -1.26. The highest BCUT2D eigenvalue weighted by Crippen LogP contribution is 2.30. The van der Waals surface area contributed by atoms with Crippen molar-refractivity contribution in [2.24, 2.45) is 5.73 Å². The van der Waals surface area contributed by atoms with E-state index in [2.05, 4.69) is 11.9 Å². The highest BCUT2D eigenvalue weighted by molar-refractivity contribution is 5.41. The van der Waals surface area contributed by atoms with Crippen molar-refractivity contribution in [2.75, 3.05) is 34.4 Å². The first-order chi connectivity index (χ1) is 8.56. The number of nitrogens with zero attached hydrogens (tertiary/aromatic N) is 1. The quantitative estimate of drug-likeness (QED) is 0.874. The van der Waals surface area contributed by atoms with Gasteiger partial charge in [-0.25, -0.2) is 0 Å². The maximum Gasteiger partial charge on any atom is 0.122 e. The summed E-state index contributed by atoms with van der Waals surface area (Å²) in [5.41, 5.74) is 7.42. The number of hydrogen-bond donors (Lipinski definition) is 1. The minimum atomic E-state index is -0.158. The van der Waals surface area contributed by atoms with E-state index < -0.39 is 0 Å². The van der Waals surface area contributed by atoms with Crippen molar-refractivity contribution in [2.45, 2.75) is 18.4 Å². The fourth-order valence-electron chi connectivity index (χ4n) is 2.65. The van der Waals surface area contributed by atoms with Gasteiger partial charge in [0, 0.05) is 12.1 Å². The zero-order valence-electron chi connectivity index (χ0n) is 11.4. The third kappa shape index (κ3) is 2.76. The van der Waals surface area contributed by atoms with Gasteiger partial charge in [0.25, 0.3) is 0 Å². The van der Waals surface area contributed by atoms with Crippen LogP contribution in [0.2, 0.25) is 0 Å². The second-order valence-corrected chi connectivity index (χ2v) is 5.20. The molecule has 4 nitrogen and oxygen atoms in total.